The van der Waals surface area contributed by atoms with Gasteiger partial charge in [0.25, 0.3) is 0 Å². The molecule has 4 rings (SSSR count). The lowest BCUT2D eigenvalue weighted by atomic mass is 9.85. The number of benzene rings is 2. The Hall–Kier alpha value is -2.50. The maximum Gasteiger partial charge on any atom is 0.229 e. The van der Waals surface area contributed by atoms with Crippen LogP contribution < -0.4 is 5.32 Å². The minimum Gasteiger partial charge on any atom is -0.373 e. The van der Waals surface area contributed by atoms with Gasteiger partial charge in [0.15, 0.2) is 5.60 Å². The summed E-state index contributed by atoms with van der Waals surface area (Å²) in [6.07, 6.45) is 1.94. The molecule has 5 nitrogen and oxygen atoms in total. The number of piperidine rings is 1. The molecule has 1 saturated heterocycles. The van der Waals surface area contributed by atoms with Crippen LogP contribution in [0.3, 0.4) is 0 Å². The zero-order valence-corrected chi connectivity index (χ0v) is 13.9. The van der Waals surface area contributed by atoms with Crippen molar-refractivity contribution in [1.82, 2.24) is 15.5 Å². The van der Waals surface area contributed by atoms with Crippen LogP contribution in [0.4, 0.5) is 0 Å². The number of hydrogen-bond acceptors (Lipinski definition) is 5. The van der Waals surface area contributed by atoms with Crippen molar-refractivity contribution in [3.63, 3.8) is 0 Å². The van der Waals surface area contributed by atoms with Crippen molar-refractivity contribution < 1.29 is 9.63 Å². The zero-order chi connectivity index (χ0) is 17.1. The average Bonchev–Trinajstić information content (AvgIpc) is 3.20. The van der Waals surface area contributed by atoms with Crippen molar-refractivity contribution in [2.45, 2.75) is 24.4 Å². The molecule has 2 N–H and O–H groups in total. The minimum absolute atomic E-state index is 0.248. The van der Waals surface area contributed by atoms with Gasteiger partial charge in [0.05, 0.1) is 0 Å². The standard InChI is InChI=1S/C20H21N3O2/c24-20(16-7-3-1-4-8-16,17-9-5-2-6-10-17)19-22-18(25-23-19)15-11-13-21-14-12-15/h1-10,15,21,24H,11-14H2. The van der Waals surface area contributed by atoms with Gasteiger partial charge in [-0.15, -0.1) is 0 Å². The Morgan fingerprint density at radius 3 is 2.04 bits per heavy atom. The van der Waals surface area contributed by atoms with Crippen LogP contribution in [0.1, 0.15) is 41.6 Å². The second-order valence-electron chi connectivity index (χ2n) is 6.42. The molecule has 1 aliphatic heterocycles. The molecule has 2 heterocycles. The minimum atomic E-state index is -1.43. The molecule has 0 unspecified atom stereocenters. The van der Waals surface area contributed by atoms with Crippen molar-refractivity contribution in [3.05, 3.63) is 83.5 Å². The van der Waals surface area contributed by atoms with Gasteiger partial charge >= 0.3 is 0 Å². The van der Waals surface area contributed by atoms with Crippen LogP contribution in [0.5, 0.6) is 0 Å². The number of nitrogens with zero attached hydrogens (tertiary/aromatic N) is 2. The summed E-state index contributed by atoms with van der Waals surface area (Å²) in [4.78, 5) is 4.60. The van der Waals surface area contributed by atoms with Gasteiger partial charge < -0.3 is 14.9 Å². The topological polar surface area (TPSA) is 71.2 Å². The van der Waals surface area contributed by atoms with E-state index < -0.39 is 5.60 Å². The lowest BCUT2D eigenvalue weighted by Gasteiger charge is -2.26. The van der Waals surface area contributed by atoms with Crippen LogP contribution in [0.2, 0.25) is 0 Å². The van der Waals surface area contributed by atoms with E-state index in [2.05, 4.69) is 15.5 Å². The third kappa shape index (κ3) is 2.97. The molecule has 0 aliphatic carbocycles. The third-order valence-electron chi connectivity index (χ3n) is 4.84. The lowest BCUT2D eigenvalue weighted by molar-refractivity contribution is 0.112. The highest BCUT2D eigenvalue weighted by Gasteiger charge is 2.39. The first-order chi connectivity index (χ1) is 12.3. The molecule has 25 heavy (non-hydrogen) atoms. The van der Waals surface area contributed by atoms with Gasteiger partial charge in [-0.25, -0.2) is 0 Å². The molecule has 0 spiro atoms. The smallest absolute Gasteiger partial charge is 0.229 e. The van der Waals surface area contributed by atoms with Crippen LogP contribution in [-0.2, 0) is 5.60 Å². The van der Waals surface area contributed by atoms with Gasteiger partial charge in [-0.05, 0) is 37.1 Å². The Labute approximate surface area is 146 Å². The summed E-state index contributed by atoms with van der Waals surface area (Å²) in [5, 5.41) is 19.1. The second-order valence-corrected chi connectivity index (χ2v) is 6.42. The lowest BCUT2D eigenvalue weighted by Crippen LogP contribution is -2.30. The highest BCUT2D eigenvalue weighted by atomic mass is 16.5. The Kier molecular flexibility index (Phi) is 4.34. The molecule has 1 aromatic heterocycles. The number of nitrogens with one attached hydrogen (secondary N) is 1. The quantitative estimate of drug-likeness (QED) is 0.767. The van der Waals surface area contributed by atoms with Crippen LogP contribution >= 0.6 is 0 Å². The van der Waals surface area contributed by atoms with Gasteiger partial charge in [0.2, 0.25) is 11.7 Å². The van der Waals surface area contributed by atoms with Crippen LogP contribution in [-0.4, -0.2) is 28.3 Å². The first-order valence-electron chi connectivity index (χ1n) is 8.66. The maximum absolute atomic E-state index is 11.6. The Morgan fingerprint density at radius 1 is 0.920 bits per heavy atom. The zero-order valence-electron chi connectivity index (χ0n) is 13.9. The highest BCUT2D eigenvalue weighted by Crippen LogP contribution is 2.36. The summed E-state index contributed by atoms with van der Waals surface area (Å²) < 4.78 is 5.54. The van der Waals surface area contributed by atoms with Crippen LogP contribution in [0, 0.1) is 0 Å². The van der Waals surface area contributed by atoms with E-state index in [0.717, 1.165) is 37.1 Å². The number of aromatic nitrogens is 2. The predicted octanol–water partition coefficient (Wildman–Crippen LogP) is 2.82. The van der Waals surface area contributed by atoms with E-state index in [-0.39, 0.29) is 5.92 Å². The SMILES string of the molecule is OC(c1ccccc1)(c1ccccc1)c1noc(C2CCNCC2)n1. The molecule has 1 aliphatic rings. The van der Waals surface area contributed by atoms with Crippen molar-refractivity contribution in [2.75, 3.05) is 13.1 Å². The molecule has 1 fully saturated rings. The van der Waals surface area contributed by atoms with Gasteiger partial charge in [-0.1, -0.05) is 65.8 Å². The van der Waals surface area contributed by atoms with Gasteiger partial charge in [0, 0.05) is 5.92 Å². The van der Waals surface area contributed by atoms with E-state index in [9.17, 15) is 5.11 Å². The molecule has 0 saturated carbocycles. The largest absolute Gasteiger partial charge is 0.373 e. The van der Waals surface area contributed by atoms with E-state index >= 15 is 0 Å². The summed E-state index contributed by atoms with van der Waals surface area (Å²) in [6, 6.07) is 19.0. The maximum atomic E-state index is 11.6. The third-order valence-corrected chi connectivity index (χ3v) is 4.84. The van der Waals surface area contributed by atoms with Crippen molar-refractivity contribution >= 4 is 0 Å². The summed E-state index contributed by atoms with van der Waals surface area (Å²) in [5.41, 5.74) is 0.00899. The Balaban J connectivity index is 1.78. The van der Waals surface area contributed by atoms with E-state index in [4.69, 9.17) is 4.52 Å². The summed E-state index contributed by atoms with van der Waals surface area (Å²) in [7, 11) is 0. The summed E-state index contributed by atoms with van der Waals surface area (Å²) in [5.74, 6) is 1.15. The van der Waals surface area contributed by atoms with E-state index in [1.807, 2.05) is 60.7 Å². The fourth-order valence-electron chi connectivity index (χ4n) is 3.40. The molecule has 0 amide bonds. The normalized spacial score (nSPS) is 16.0. The summed E-state index contributed by atoms with van der Waals surface area (Å²) >= 11 is 0. The number of hydrogen-bond donors (Lipinski definition) is 2. The Morgan fingerprint density at radius 2 is 1.48 bits per heavy atom. The van der Waals surface area contributed by atoms with Crippen molar-refractivity contribution in [1.29, 1.82) is 0 Å². The average molecular weight is 335 g/mol. The van der Waals surface area contributed by atoms with E-state index in [0.29, 0.717) is 11.7 Å². The monoisotopic (exact) mass is 335 g/mol. The number of aliphatic hydroxyl groups is 1. The molecular weight excluding hydrogens is 314 g/mol. The molecule has 0 bridgehead atoms. The van der Waals surface area contributed by atoms with Crippen LogP contribution in [0.25, 0.3) is 0 Å². The summed E-state index contributed by atoms with van der Waals surface area (Å²) in [6.45, 7) is 1.90. The predicted molar refractivity (Wildman–Crippen MR) is 94.1 cm³/mol. The molecule has 128 valence electrons. The fourth-order valence-corrected chi connectivity index (χ4v) is 3.40. The molecule has 2 aromatic carbocycles. The van der Waals surface area contributed by atoms with Crippen molar-refractivity contribution in [2.24, 2.45) is 0 Å². The molecular formula is C20H21N3O2. The molecule has 5 heteroatoms. The van der Waals surface area contributed by atoms with E-state index in [1.54, 1.807) is 0 Å². The molecule has 0 radical (unpaired) electrons. The van der Waals surface area contributed by atoms with Crippen molar-refractivity contribution in [3.8, 4) is 0 Å². The first-order valence-corrected chi connectivity index (χ1v) is 8.66. The van der Waals surface area contributed by atoms with Crippen LogP contribution in [0.15, 0.2) is 65.2 Å². The Bertz CT molecular complexity index is 772. The number of rotatable bonds is 4. The van der Waals surface area contributed by atoms with Gasteiger partial charge in [-0.2, -0.15) is 4.98 Å². The van der Waals surface area contributed by atoms with Gasteiger partial charge in [-0.3, -0.25) is 0 Å². The molecule has 0 atom stereocenters. The second kappa shape index (κ2) is 6.78. The first kappa shape index (κ1) is 16.0. The fraction of sp³-hybridized carbons (Fsp3) is 0.300. The van der Waals surface area contributed by atoms with E-state index in [1.165, 1.54) is 0 Å². The van der Waals surface area contributed by atoms with Gasteiger partial charge in [0.1, 0.15) is 0 Å². The highest BCUT2D eigenvalue weighted by molar-refractivity contribution is 5.42. The molecule has 3 aromatic rings.